The van der Waals surface area contributed by atoms with E-state index in [1.807, 2.05) is 0 Å². The molecule has 0 spiro atoms. The molecule has 1 unspecified atom stereocenters. The predicted octanol–water partition coefficient (Wildman–Crippen LogP) is 0.925. The molecule has 6 heteroatoms. The molecule has 1 atom stereocenters. The Kier molecular flexibility index (Phi) is 6.95. The van der Waals surface area contributed by atoms with Crippen molar-refractivity contribution in [3.05, 3.63) is 0 Å². The number of carboxylic acid groups (broad SMARTS) is 1. The average Bonchev–Trinajstić information content (AvgIpc) is 2.76. The van der Waals surface area contributed by atoms with Gasteiger partial charge in [0.2, 0.25) is 5.91 Å². The van der Waals surface area contributed by atoms with Gasteiger partial charge in [-0.15, -0.1) is 0 Å². The fourth-order valence-electron chi connectivity index (χ4n) is 3.04. The van der Waals surface area contributed by atoms with Crippen LogP contribution in [0.15, 0.2) is 0 Å². The van der Waals surface area contributed by atoms with E-state index in [1.165, 1.54) is 0 Å². The van der Waals surface area contributed by atoms with Gasteiger partial charge in [0, 0.05) is 20.1 Å². The van der Waals surface area contributed by atoms with Crippen molar-refractivity contribution < 1.29 is 24.5 Å². The molecule has 1 amide bonds. The number of aliphatic hydroxyl groups is 1. The quantitative estimate of drug-likeness (QED) is 0.586. The van der Waals surface area contributed by atoms with Crippen LogP contribution in [-0.2, 0) is 14.3 Å². The molecule has 0 aromatic rings. The minimum absolute atomic E-state index is 0.0193. The number of hydrogen-bond donors (Lipinski definition) is 3. The molecule has 0 aromatic carbocycles. The summed E-state index contributed by atoms with van der Waals surface area (Å²) in [5, 5.41) is 20.8. The Bertz CT molecular complexity index is 320. The van der Waals surface area contributed by atoms with Crippen LogP contribution in [-0.4, -0.2) is 48.5 Å². The van der Waals surface area contributed by atoms with Crippen LogP contribution >= 0.6 is 0 Å². The van der Waals surface area contributed by atoms with Crippen molar-refractivity contribution in [2.24, 2.45) is 5.41 Å². The molecule has 1 fully saturated rings. The number of aliphatic carboxylic acids is 1. The lowest BCUT2D eigenvalue weighted by atomic mass is 9.79. The summed E-state index contributed by atoms with van der Waals surface area (Å²) in [7, 11) is 1.54. The molecule has 0 aromatic heterocycles. The molecule has 1 aliphatic carbocycles. The van der Waals surface area contributed by atoms with Gasteiger partial charge in [-0.25, -0.2) is 0 Å². The Balaban J connectivity index is 2.55. The lowest BCUT2D eigenvalue weighted by Crippen LogP contribution is -2.41. The van der Waals surface area contributed by atoms with E-state index in [-0.39, 0.29) is 31.4 Å². The van der Waals surface area contributed by atoms with Crippen LogP contribution in [0.5, 0.6) is 0 Å². The maximum absolute atomic E-state index is 12.1. The molecule has 1 aliphatic rings. The number of hydrogen-bond acceptors (Lipinski definition) is 4. The maximum Gasteiger partial charge on any atom is 0.303 e. The average molecular weight is 287 g/mol. The van der Waals surface area contributed by atoms with Gasteiger partial charge in [-0.2, -0.15) is 0 Å². The third kappa shape index (κ3) is 5.46. The highest BCUT2D eigenvalue weighted by molar-refractivity contribution is 5.78. The summed E-state index contributed by atoms with van der Waals surface area (Å²) in [4.78, 5) is 23.1. The Morgan fingerprint density at radius 1 is 1.30 bits per heavy atom. The van der Waals surface area contributed by atoms with E-state index in [2.05, 4.69) is 5.32 Å². The summed E-state index contributed by atoms with van der Waals surface area (Å²) in [6.07, 6.45) is 4.28. The summed E-state index contributed by atoms with van der Waals surface area (Å²) >= 11 is 0. The largest absolute Gasteiger partial charge is 0.481 e. The Morgan fingerprint density at radius 3 is 2.45 bits per heavy atom. The van der Waals surface area contributed by atoms with Crippen molar-refractivity contribution in [1.82, 2.24) is 5.32 Å². The summed E-state index contributed by atoms with van der Waals surface area (Å²) in [5.41, 5.74) is -0.396. The molecule has 3 N–H and O–H groups in total. The van der Waals surface area contributed by atoms with Crippen LogP contribution in [0.1, 0.15) is 44.9 Å². The molecule has 1 rings (SSSR count). The first-order chi connectivity index (χ1) is 9.51. The maximum atomic E-state index is 12.1. The SMILES string of the molecule is COCC(CCO)NC(=O)CC1(CC(=O)O)CCCC1. The van der Waals surface area contributed by atoms with E-state index in [1.54, 1.807) is 7.11 Å². The van der Waals surface area contributed by atoms with Gasteiger partial charge in [0.25, 0.3) is 0 Å². The molecule has 6 nitrogen and oxygen atoms in total. The van der Waals surface area contributed by atoms with Crippen molar-refractivity contribution in [3.8, 4) is 0 Å². The predicted molar refractivity (Wildman–Crippen MR) is 73.3 cm³/mol. The molecule has 1 saturated carbocycles. The van der Waals surface area contributed by atoms with Gasteiger partial charge >= 0.3 is 5.97 Å². The van der Waals surface area contributed by atoms with Gasteiger partial charge in [0.15, 0.2) is 0 Å². The second kappa shape index (κ2) is 8.21. The zero-order valence-corrected chi connectivity index (χ0v) is 12.1. The van der Waals surface area contributed by atoms with Crippen molar-refractivity contribution in [2.45, 2.75) is 51.0 Å². The normalized spacial score (nSPS) is 18.7. The fraction of sp³-hybridized carbons (Fsp3) is 0.857. The Hall–Kier alpha value is -1.14. The topological polar surface area (TPSA) is 95.9 Å². The first kappa shape index (κ1) is 16.9. The number of methoxy groups -OCH3 is 1. The van der Waals surface area contributed by atoms with Crippen LogP contribution in [0.2, 0.25) is 0 Å². The monoisotopic (exact) mass is 287 g/mol. The van der Waals surface area contributed by atoms with Gasteiger partial charge in [-0.1, -0.05) is 12.8 Å². The van der Waals surface area contributed by atoms with Gasteiger partial charge in [0.05, 0.1) is 19.1 Å². The third-order valence-electron chi connectivity index (χ3n) is 3.94. The number of ether oxygens (including phenoxy) is 1. The molecule has 0 bridgehead atoms. The number of carbonyl (C=O) groups excluding carboxylic acids is 1. The summed E-state index contributed by atoms with van der Waals surface area (Å²) in [6.45, 7) is 0.326. The van der Waals surface area contributed by atoms with Gasteiger partial charge in [0.1, 0.15) is 0 Å². The highest BCUT2D eigenvalue weighted by Crippen LogP contribution is 2.44. The van der Waals surface area contributed by atoms with Gasteiger partial charge in [-0.3, -0.25) is 9.59 Å². The van der Waals surface area contributed by atoms with Crippen LogP contribution in [0.4, 0.5) is 0 Å². The van der Waals surface area contributed by atoms with E-state index in [0.717, 1.165) is 25.7 Å². The first-order valence-corrected chi connectivity index (χ1v) is 7.12. The fourth-order valence-corrected chi connectivity index (χ4v) is 3.04. The van der Waals surface area contributed by atoms with Crippen molar-refractivity contribution in [2.75, 3.05) is 20.3 Å². The Labute approximate surface area is 119 Å². The second-order valence-corrected chi connectivity index (χ2v) is 5.69. The second-order valence-electron chi connectivity index (χ2n) is 5.69. The number of carboxylic acids is 1. The lowest BCUT2D eigenvalue weighted by molar-refractivity contribution is -0.140. The smallest absolute Gasteiger partial charge is 0.303 e. The molecular weight excluding hydrogens is 262 g/mol. The Morgan fingerprint density at radius 2 is 1.95 bits per heavy atom. The minimum Gasteiger partial charge on any atom is -0.481 e. The summed E-state index contributed by atoms with van der Waals surface area (Å²) < 4.78 is 5.00. The van der Waals surface area contributed by atoms with E-state index in [4.69, 9.17) is 14.9 Å². The highest BCUT2D eigenvalue weighted by Gasteiger charge is 2.38. The van der Waals surface area contributed by atoms with Crippen LogP contribution < -0.4 is 5.32 Å². The van der Waals surface area contributed by atoms with Crippen LogP contribution in [0, 0.1) is 5.41 Å². The molecule has 0 heterocycles. The number of carbonyl (C=O) groups is 2. The number of rotatable bonds is 9. The van der Waals surface area contributed by atoms with Crippen LogP contribution in [0.3, 0.4) is 0 Å². The highest BCUT2D eigenvalue weighted by atomic mass is 16.5. The van der Waals surface area contributed by atoms with Crippen molar-refractivity contribution >= 4 is 11.9 Å². The first-order valence-electron chi connectivity index (χ1n) is 7.12. The molecular formula is C14H25NO5. The van der Waals surface area contributed by atoms with Crippen LogP contribution in [0.25, 0.3) is 0 Å². The van der Waals surface area contributed by atoms with Gasteiger partial charge in [-0.05, 0) is 24.7 Å². The summed E-state index contributed by atoms with van der Waals surface area (Å²) in [5.74, 6) is -0.993. The molecule has 0 radical (unpaired) electrons. The van der Waals surface area contributed by atoms with E-state index < -0.39 is 11.4 Å². The van der Waals surface area contributed by atoms with E-state index in [0.29, 0.717) is 13.0 Å². The van der Waals surface area contributed by atoms with E-state index in [9.17, 15) is 9.59 Å². The van der Waals surface area contributed by atoms with Crippen molar-refractivity contribution in [3.63, 3.8) is 0 Å². The zero-order chi connectivity index (χ0) is 15.0. The van der Waals surface area contributed by atoms with E-state index >= 15 is 0 Å². The number of aliphatic hydroxyl groups excluding tert-OH is 1. The summed E-state index contributed by atoms with van der Waals surface area (Å²) in [6, 6.07) is -0.221. The third-order valence-corrected chi connectivity index (χ3v) is 3.94. The standard InChI is InChI=1S/C14H25NO5/c1-20-10-11(4-7-16)15-12(17)8-14(9-13(18)19)5-2-3-6-14/h11,16H,2-10H2,1H3,(H,15,17)(H,18,19). The van der Waals surface area contributed by atoms with Gasteiger partial charge < -0.3 is 20.3 Å². The van der Waals surface area contributed by atoms with Crippen molar-refractivity contribution in [1.29, 1.82) is 0 Å². The molecule has 116 valence electrons. The molecule has 0 aliphatic heterocycles. The zero-order valence-electron chi connectivity index (χ0n) is 12.1. The molecule has 0 saturated heterocycles. The number of nitrogens with one attached hydrogen (secondary N) is 1. The molecule has 20 heavy (non-hydrogen) atoms. The number of amides is 1. The lowest BCUT2D eigenvalue weighted by Gasteiger charge is -2.27. The minimum atomic E-state index is -0.844.